The number of rotatable bonds is 1. The highest BCUT2D eigenvalue weighted by Gasteiger charge is 2.24. The van der Waals surface area contributed by atoms with Gasteiger partial charge in [0.05, 0.1) is 0 Å². The second kappa shape index (κ2) is 2.49. The number of carbonyl (C=O) groups is 1. The van der Waals surface area contributed by atoms with E-state index in [4.69, 9.17) is 5.73 Å². The van der Waals surface area contributed by atoms with Gasteiger partial charge in [-0.2, -0.15) is 0 Å². The zero-order chi connectivity index (χ0) is 8.59. The minimum absolute atomic E-state index is 0.00694. The fourth-order valence-electron chi connectivity index (χ4n) is 1.37. The summed E-state index contributed by atoms with van der Waals surface area (Å²) in [5, 5.41) is 0. The van der Waals surface area contributed by atoms with E-state index >= 15 is 0 Å². The molecule has 0 aliphatic carbocycles. The van der Waals surface area contributed by atoms with Gasteiger partial charge in [-0.25, -0.2) is 4.99 Å². The molecule has 3 nitrogen and oxygen atoms in total. The first-order chi connectivity index (χ1) is 5.04. The minimum atomic E-state index is 0.00694. The molecule has 11 heavy (non-hydrogen) atoms. The molecule has 1 aliphatic heterocycles. The highest BCUT2D eigenvalue weighted by Crippen LogP contribution is 2.23. The lowest BCUT2D eigenvalue weighted by Gasteiger charge is -2.05. The monoisotopic (exact) mass is 152 g/mol. The van der Waals surface area contributed by atoms with Gasteiger partial charge >= 0.3 is 0 Å². The number of Topliss-reactive ketones (excluding diaryl/α,β-unsaturated/α-hetero) is 1. The summed E-state index contributed by atoms with van der Waals surface area (Å²) in [7, 11) is 0. The van der Waals surface area contributed by atoms with Crippen molar-refractivity contribution in [2.45, 2.75) is 20.8 Å². The number of nitrogens with two attached hydrogens (primary N) is 1. The molecule has 0 fully saturated rings. The summed E-state index contributed by atoms with van der Waals surface area (Å²) < 4.78 is 0. The van der Waals surface area contributed by atoms with Gasteiger partial charge in [0, 0.05) is 17.2 Å². The lowest BCUT2D eigenvalue weighted by atomic mass is 9.98. The molecular weight excluding hydrogens is 140 g/mol. The van der Waals surface area contributed by atoms with Crippen LogP contribution in [0.15, 0.2) is 16.3 Å². The number of nitrogens with zero attached hydrogens (tertiary/aromatic N) is 1. The van der Waals surface area contributed by atoms with E-state index in [0.717, 1.165) is 11.3 Å². The molecule has 1 heterocycles. The van der Waals surface area contributed by atoms with Crippen LogP contribution in [0, 0.1) is 5.92 Å². The second-order valence-electron chi connectivity index (χ2n) is 2.81. The maximum atomic E-state index is 11.0. The number of ketones is 1. The Bertz CT molecular complexity index is 263. The lowest BCUT2D eigenvalue weighted by Crippen LogP contribution is -2.21. The van der Waals surface area contributed by atoms with E-state index in [2.05, 4.69) is 4.99 Å². The molecule has 1 aliphatic rings. The largest absolute Gasteiger partial charge is 0.387 e. The minimum Gasteiger partial charge on any atom is -0.387 e. The van der Waals surface area contributed by atoms with E-state index in [1.807, 2.05) is 13.8 Å². The summed E-state index contributed by atoms with van der Waals surface area (Å²) in [6, 6.07) is 0. The van der Waals surface area contributed by atoms with E-state index in [9.17, 15) is 4.79 Å². The smallest absolute Gasteiger partial charge is 0.158 e. The zero-order valence-corrected chi connectivity index (χ0v) is 7.01. The molecular formula is C8H12N2O. The van der Waals surface area contributed by atoms with Crippen molar-refractivity contribution in [3.8, 4) is 0 Å². The molecule has 0 radical (unpaired) electrons. The van der Waals surface area contributed by atoms with Crippen molar-refractivity contribution in [2.75, 3.05) is 0 Å². The first kappa shape index (κ1) is 7.98. The van der Waals surface area contributed by atoms with Crippen LogP contribution in [0.4, 0.5) is 0 Å². The number of aliphatic imine (C=N–C) groups is 1. The van der Waals surface area contributed by atoms with Gasteiger partial charge in [-0.05, 0) is 13.8 Å². The first-order valence-electron chi connectivity index (χ1n) is 3.59. The summed E-state index contributed by atoms with van der Waals surface area (Å²) in [5.41, 5.74) is 7.07. The average Bonchev–Trinajstić information content (AvgIpc) is 2.07. The van der Waals surface area contributed by atoms with Crippen LogP contribution in [-0.4, -0.2) is 11.6 Å². The Morgan fingerprint density at radius 3 is 2.36 bits per heavy atom. The number of allylic oxidation sites excluding steroid dienone is 1. The fraction of sp³-hybridized carbons (Fsp3) is 0.500. The van der Waals surface area contributed by atoms with Crippen LogP contribution >= 0.6 is 0 Å². The number of hydrogen-bond acceptors (Lipinski definition) is 3. The third kappa shape index (κ3) is 1.18. The third-order valence-electron chi connectivity index (χ3n) is 1.94. The molecule has 0 aromatic rings. The van der Waals surface area contributed by atoms with E-state index in [1.165, 1.54) is 0 Å². The van der Waals surface area contributed by atoms with Crippen LogP contribution in [0.1, 0.15) is 20.8 Å². The lowest BCUT2D eigenvalue weighted by molar-refractivity contribution is -0.113. The topological polar surface area (TPSA) is 55.5 Å². The van der Waals surface area contributed by atoms with Crippen LogP contribution in [0.2, 0.25) is 0 Å². The van der Waals surface area contributed by atoms with Crippen LogP contribution in [0.3, 0.4) is 0 Å². The third-order valence-corrected chi connectivity index (χ3v) is 1.94. The standard InChI is InChI=1S/C8H12N2O/c1-4-7(6(3)11)5(2)10-8(4)9/h4H,1-3H3,(H2,9,10). The van der Waals surface area contributed by atoms with Crippen LogP contribution < -0.4 is 5.73 Å². The molecule has 0 bridgehead atoms. The van der Waals surface area contributed by atoms with Crippen molar-refractivity contribution in [3.05, 3.63) is 11.3 Å². The number of amidine groups is 1. The average molecular weight is 152 g/mol. The van der Waals surface area contributed by atoms with E-state index in [0.29, 0.717) is 5.84 Å². The predicted molar refractivity (Wildman–Crippen MR) is 44.2 cm³/mol. The SMILES string of the molecule is CC(=O)C1=C(C)N=C(N)C1C. The highest BCUT2D eigenvalue weighted by atomic mass is 16.1. The van der Waals surface area contributed by atoms with Crippen LogP contribution in [-0.2, 0) is 4.79 Å². The van der Waals surface area contributed by atoms with Gasteiger partial charge in [-0.3, -0.25) is 4.79 Å². The molecule has 0 saturated carbocycles. The Morgan fingerprint density at radius 2 is 2.18 bits per heavy atom. The molecule has 1 rings (SSSR count). The Labute approximate surface area is 66.0 Å². The van der Waals surface area contributed by atoms with E-state index in [1.54, 1.807) is 6.92 Å². The quantitative estimate of drug-likeness (QED) is 0.605. The Balaban J connectivity index is 3.02. The van der Waals surface area contributed by atoms with Gasteiger partial charge in [-0.1, -0.05) is 6.92 Å². The highest BCUT2D eigenvalue weighted by molar-refractivity contribution is 6.04. The van der Waals surface area contributed by atoms with Gasteiger partial charge in [-0.15, -0.1) is 0 Å². The van der Waals surface area contributed by atoms with Crippen LogP contribution in [0.5, 0.6) is 0 Å². The van der Waals surface area contributed by atoms with E-state index < -0.39 is 0 Å². The van der Waals surface area contributed by atoms with Crippen molar-refractivity contribution in [1.29, 1.82) is 0 Å². The molecule has 0 amide bonds. The normalized spacial score (nSPS) is 23.9. The molecule has 2 N–H and O–H groups in total. The molecule has 0 spiro atoms. The number of carbonyl (C=O) groups excluding carboxylic acids is 1. The van der Waals surface area contributed by atoms with Gasteiger partial charge in [0.25, 0.3) is 0 Å². The Morgan fingerprint density at radius 1 is 1.64 bits per heavy atom. The Kier molecular flexibility index (Phi) is 1.81. The van der Waals surface area contributed by atoms with Gasteiger partial charge < -0.3 is 5.73 Å². The number of hydrogen-bond donors (Lipinski definition) is 1. The van der Waals surface area contributed by atoms with E-state index in [-0.39, 0.29) is 11.7 Å². The molecule has 1 atom stereocenters. The van der Waals surface area contributed by atoms with Gasteiger partial charge in [0.15, 0.2) is 5.78 Å². The summed E-state index contributed by atoms with van der Waals surface area (Å²) in [5.74, 6) is 0.624. The predicted octanol–water partition coefficient (Wildman–Crippen LogP) is 0.856. The maximum Gasteiger partial charge on any atom is 0.158 e. The van der Waals surface area contributed by atoms with Gasteiger partial charge in [0.2, 0.25) is 0 Å². The summed E-state index contributed by atoms with van der Waals surface area (Å²) in [6.07, 6.45) is 0. The second-order valence-corrected chi connectivity index (χ2v) is 2.81. The molecule has 1 unspecified atom stereocenters. The van der Waals surface area contributed by atoms with Crippen molar-refractivity contribution in [3.63, 3.8) is 0 Å². The summed E-state index contributed by atoms with van der Waals surface area (Å²) in [6.45, 7) is 5.25. The van der Waals surface area contributed by atoms with Gasteiger partial charge in [0.1, 0.15) is 5.84 Å². The Hall–Kier alpha value is -1.12. The summed E-state index contributed by atoms with van der Waals surface area (Å²) >= 11 is 0. The first-order valence-corrected chi connectivity index (χ1v) is 3.59. The van der Waals surface area contributed by atoms with Crippen molar-refractivity contribution < 1.29 is 4.79 Å². The van der Waals surface area contributed by atoms with Crippen molar-refractivity contribution in [1.82, 2.24) is 0 Å². The molecule has 0 aromatic heterocycles. The molecule has 60 valence electrons. The fourth-order valence-corrected chi connectivity index (χ4v) is 1.37. The van der Waals surface area contributed by atoms with Crippen LogP contribution in [0.25, 0.3) is 0 Å². The summed E-state index contributed by atoms with van der Waals surface area (Å²) in [4.78, 5) is 15.1. The molecule has 3 heteroatoms. The molecule has 0 aromatic carbocycles. The maximum absolute atomic E-state index is 11.0. The zero-order valence-electron chi connectivity index (χ0n) is 7.01. The van der Waals surface area contributed by atoms with Crippen molar-refractivity contribution in [2.24, 2.45) is 16.6 Å². The molecule has 0 saturated heterocycles. The van der Waals surface area contributed by atoms with Crippen molar-refractivity contribution >= 4 is 11.6 Å².